The molecule has 0 bridgehead atoms. The average molecular weight is 272 g/mol. The summed E-state index contributed by atoms with van der Waals surface area (Å²) in [5.41, 5.74) is 5.08. The summed E-state index contributed by atoms with van der Waals surface area (Å²) in [6, 6.07) is 0. The lowest BCUT2D eigenvalue weighted by Gasteiger charge is -2.12. The molecule has 1 aliphatic rings. The first-order valence-corrected chi connectivity index (χ1v) is 5.39. The molecule has 0 aliphatic carbocycles. The zero-order valence-corrected chi connectivity index (χ0v) is 9.83. The van der Waals surface area contributed by atoms with Gasteiger partial charge in [0.2, 0.25) is 0 Å². The molecule has 1 rings (SSSR count). The lowest BCUT2D eigenvalue weighted by molar-refractivity contribution is -0.198. The Morgan fingerprint density at radius 3 is 2.47 bits per heavy atom. The molecule has 3 N–H and O–H groups in total. The molecule has 1 fully saturated rings. The molecule has 9 nitrogen and oxygen atoms in total. The number of ketones is 1. The predicted octanol–water partition coefficient (Wildman–Crippen LogP) is -1.79. The molecule has 1 unspecified atom stereocenters. The minimum atomic E-state index is -1.23. The van der Waals surface area contributed by atoms with Gasteiger partial charge in [-0.05, 0) is 0 Å². The van der Waals surface area contributed by atoms with Crippen molar-refractivity contribution in [3.8, 4) is 0 Å². The molecule has 1 saturated heterocycles. The van der Waals surface area contributed by atoms with Crippen molar-refractivity contribution in [2.45, 2.75) is 19.3 Å². The van der Waals surface area contributed by atoms with E-state index in [1.165, 1.54) is 0 Å². The van der Waals surface area contributed by atoms with Crippen LogP contribution in [0.2, 0.25) is 0 Å². The highest BCUT2D eigenvalue weighted by Gasteiger charge is 2.44. The zero-order chi connectivity index (χ0) is 14.6. The highest BCUT2D eigenvalue weighted by atomic mass is 16.7. The van der Waals surface area contributed by atoms with Crippen molar-refractivity contribution in [2.75, 3.05) is 6.54 Å². The fourth-order valence-corrected chi connectivity index (χ4v) is 1.46. The third-order valence-corrected chi connectivity index (χ3v) is 2.43. The molecular formula is C10H12N2O7. The smallest absolute Gasteiger partial charge is 0.333 e. The summed E-state index contributed by atoms with van der Waals surface area (Å²) in [4.78, 5) is 60.2. The van der Waals surface area contributed by atoms with E-state index in [4.69, 9.17) is 10.8 Å². The molecule has 2 amide bonds. The Hall–Kier alpha value is -2.29. The topological polar surface area (TPSA) is 144 Å². The Bertz CT molecular complexity index is 445. The lowest BCUT2D eigenvalue weighted by atomic mass is 10.0. The van der Waals surface area contributed by atoms with Crippen LogP contribution in [0.3, 0.4) is 0 Å². The number of rotatable bonds is 6. The van der Waals surface area contributed by atoms with Gasteiger partial charge in [-0.3, -0.25) is 19.2 Å². The standard InChI is InChI=1S/C10H12N2O7/c11-4-6(13)5-3-7(14)12(10(5)18)19-9(17)2-1-8(15)16/h5H,1-4,11H2,(H,15,16). The van der Waals surface area contributed by atoms with E-state index in [1.54, 1.807) is 0 Å². The fourth-order valence-electron chi connectivity index (χ4n) is 1.46. The number of amides is 2. The van der Waals surface area contributed by atoms with E-state index in [9.17, 15) is 24.0 Å². The van der Waals surface area contributed by atoms with Crippen LogP contribution in [0.25, 0.3) is 0 Å². The molecule has 104 valence electrons. The Morgan fingerprint density at radius 2 is 1.95 bits per heavy atom. The molecule has 0 aromatic heterocycles. The summed E-state index contributed by atoms with van der Waals surface area (Å²) in [5, 5.41) is 8.56. The first kappa shape index (κ1) is 14.8. The van der Waals surface area contributed by atoms with Crippen LogP contribution >= 0.6 is 0 Å². The Morgan fingerprint density at radius 1 is 1.32 bits per heavy atom. The first-order chi connectivity index (χ1) is 8.86. The van der Waals surface area contributed by atoms with Crippen LogP contribution in [0.1, 0.15) is 19.3 Å². The van der Waals surface area contributed by atoms with Crippen LogP contribution in [-0.2, 0) is 28.8 Å². The zero-order valence-electron chi connectivity index (χ0n) is 9.83. The van der Waals surface area contributed by atoms with Gasteiger partial charge in [0.05, 0.1) is 19.4 Å². The second-order valence-electron chi connectivity index (χ2n) is 3.81. The number of nitrogens with two attached hydrogens (primary N) is 1. The summed E-state index contributed by atoms with van der Waals surface area (Å²) in [5.74, 6) is -5.89. The van der Waals surface area contributed by atoms with Gasteiger partial charge in [0.15, 0.2) is 5.78 Å². The van der Waals surface area contributed by atoms with E-state index in [2.05, 4.69) is 4.84 Å². The molecule has 1 aliphatic heterocycles. The monoisotopic (exact) mass is 272 g/mol. The molecule has 1 atom stereocenters. The minimum absolute atomic E-state index is 0.197. The van der Waals surface area contributed by atoms with Crippen molar-refractivity contribution in [3.05, 3.63) is 0 Å². The van der Waals surface area contributed by atoms with Crippen LogP contribution in [0.15, 0.2) is 0 Å². The van der Waals surface area contributed by atoms with Gasteiger partial charge in [0, 0.05) is 6.42 Å². The average Bonchev–Trinajstić information content (AvgIpc) is 2.63. The lowest BCUT2D eigenvalue weighted by Crippen LogP contribution is -2.36. The van der Waals surface area contributed by atoms with Crippen molar-refractivity contribution in [1.29, 1.82) is 0 Å². The third kappa shape index (κ3) is 3.58. The molecule has 19 heavy (non-hydrogen) atoms. The number of carboxylic acids is 1. The second kappa shape index (κ2) is 6.05. The molecule has 0 aromatic carbocycles. The Labute approximate surface area is 107 Å². The van der Waals surface area contributed by atoms with E-state index in [-0.39, 0.29) is 5.06 Å². The number of hydrogen-bond acceptors (Lipinski definition) is 7. The minimum Gasteiger partial charge on any atom is -0.481 e. The van der Waals surface area contributed by atoms with Gasteiger partial charge in [0.1, 0.15) is 5.92 Å². The molecule has 0 aromatic rings. The summed E-state index contributed by atoms with van der Waals surface area (Å²) >= 11 is 0. The normalized spacial score (nSPS) is 18.6. The van der Waals surface area contributed by atoms with Crippen molar-refractivity contribution in [2.24, 2.45) is 11.7 Å². The number of carbonyl (C=O) groups is 5. The highest BCUT2D eigenvalue weighted by molar-refractivity contribution is 6.14. The number of aliphatic carboxylic acids is 1. The highest BCUT2D eigenvalue weighted by Crippen LogP contribution is 2.21. The molecule has 0 spiro atoms. The number of Topliss-reactive ketones (excluding diaryl/α,β-unsaturated/α-hetero) is 1. The number of carbonyl (C=O) groups excluding carboxylic acids is 4. The van der Waals surface area contributed by atoms with Crippen molar-refractivity contribution in [3.63, 3.8) is 0 Å². The van der Waals surface area contributed by atoms with Crippen molar-refractivity contribution in [1.82, 2.24) is 5.06 Å². The summed E-state index contributed by atoms with van der Waals surface area (Å²) < 4.78 is 0. The molecule has 1 heterocycles. The molecule has 0 radical (unpaired) electrons. The quantitative estimate of drug-likeness (QED) is 0.426. The van der Waals surface area contributed by atoms with Gasteiger partial charge in [-0.25, -0.2) is 4.79 Å². The second-order valence-corrected chi connectivity index (χ2v) is 3.81. The summed E-state index contributed by atoms with van der Waals surface area (Å²) in [6.07, 6.45) is -1.37. The van der Waals surface area contributed by atoms with Crippen LogP contribution in [0, 0.1) is 5.92 Å². The maximum atomic E-state index is 11.6. The maximum Gasteiger partial charge on any atom is 0.333 e. The largest absolute Gasteiger partial charge is 0.481 e. The fraction of sp³-hybridized carbons (Fsp3) is 0.500. The number of imide groups is 1. The van der Waals surface area contributed by atoms with Crippen LogP contribution in [-0.4, -0.2) is 46.3 Å². The van der Waals surface area contributed by atoms with Gasteiger partial charge in [-0.15, -0.1) is 5.06 Å². The van der Waals surface area contributed by atoms with Gasteiger partial charge < -0.3 is 15.7 Å². The van der Waals surface area contributed by atoms with Crippen LogP contribution in [0.5, 0.6) is 0 Å². The maximum absolute atomic E-state index is 11.6. The van der Waals surface area contributed by atoms with Gasteiger partial charge in [-0.1, -0.05) is 0 Å². The molecule has 9 heteroatoms. The van der Waals surface area contributed by atoms with E-state index in [0.29, 0.717) is 0 Å². The molecular weight excluding hydrogens is 260 g/mol. The van der Waals surface area contributed by atoms with E-state index in [0.717, 1.165) is 0 Å². The number of carboxylic acid groups (broad SMARTS) is 1. The van der Waals surface area contributed by atoms with Gasteiger partial charge >= 0.3 is 11.9 Å². The SMILES string of the molecule is NCC(=O)C1CC(=O)N(OC(=O)CCC(=O)O)C1=O. The number of hydrogen-bond donors (Lipinski definition) is 2. The van der Waals surface area contributed by atoms with Crippen molar-refractivity contribution >= 4 is 29.5 Å². The molecule has 0 saturated carbocycles. The Kier molecular flexibility index (Phi) is 4.70. The Balaban J connectivity index is 2.61. The van der Waals surface area contributed by atoms with Crippen molar-refractivity contribution < 1.29 is 33.9 Å². The van der Waals surface area contributed by atoms with Crippen LogP contribution in [0.4, 0.5) is 0 Å². The van der Waals surface area contributed by atoms with Crippen LogP contribution < -0.4 is 5.73 Å². The van der Waals surface area contributed by atoms with E-state index >= 15 is 0 Å². The summed E-state index contributed by atoms with van der Waals surface area (Å²) in [7, 11) is 0. The third-order valence-electron chi connectivity index (χ3n) is 2.43. The number of hydroxylamine groups is 2. The number of nitrogens with zero attached hydrogens (tertiary/aromatic N) is 1. The van der Waals surface area contributed by atoms with E-state index in [1.807, 2.05) is 0 Å². The van der Waals surface area contributed by atoms with Gasteiger partial charge in [0.25, 0.3) is 11.8 Å². The van der Waals surface area contributed by atoms with E-state index < -0.39 is 61.3 Å². The first-order valence-electron chi connectivity index (χ1n) is 5.39. The predicted molar refractivity (Wildman–Crippen MR) is 57.0 cm³/mol. The van der Waals surface area contributed by atoms with Gasteiger partial charge in [-0.2, -0.15) is 0 Å². The summed E-state index contributed by atoms with van der Waals surface area (Å²) in [6.45, 7) is -0.398.